The van der Waals surface area contributed by atoms with Crippen LogP contribution in [-0.2, 0) is 0 Å². The van der Waals surface area contributed by atoms with Crippen molar-refractivity contribution in [3.8, 4) is 22.8 Å². The lowest BCUT2D eigenvalue weighted by Gasteiger charge is -2.40. The molecule has 3 aliphatic rings. The lowest BCUT2D eigenvalue weighted by Crippen LogP contribution is -2.52. The highest BCUT2D eigenvalue weighted by Crippen LogP contribution is 2.30. The number of aromatic nitrogens is 14. The first-order valence-electron chi connectivity index (χ1n) is 30.3. The van der Waals surface area contributed by atoms with Crippen LogP contribution in [0.15, 0.2) is 122 Å². The Balaban J connectivity index is 0.000000149. The molecule has 3 aromatic carbocycles. The molecular formula is C65H74F2N20O3. The van der Waals surface area contributed by atoms with Crippen molar-refractivity contribution in [2.24, 2.45) is 0 Å². The number of benzene rings is 3. The highest BCUT2D eigenvalue weighted by atomic mass is 19.1. The summed E-state index contributed by atoms with van der Waals surface area (Å²) in [5, 5.41) is 26.7. The molecule has 25 heteroatoms. The van der Waals surface area contributed by atoms with E-state index in [9.17, 15) is 23.2 Å². The molecule has 9 aromatic rings. The molecular weight excluding hydrogens is 1150 g/mol. The van der Waals surface area contributed by atoms with Crippen molar-refractivity contribution < 1.29 is 23.2 Å². The van der Waals surface area contributed by atoms with Gasteiger partial charge in [-0.1, -0.05) is 24.3 Å². The lowest BCUT2D eigenvalue weighted by molar-refractivity contribution is 0.0606. The standard InChI is InChI=1S/C23H25FN6O.C21H24FN7O.C21H25N7O/c1-14-13-15(2)28-23(27-14)29-19-9-5-12-30(16(19)3)22(31)20-17(7-4-8-18(20)24)21-25-10-6-11-26-21;1-13-11-14(2)26-21(25-13)27-18-5-4-10-28(15(18)3)20(30)17-7-6-16(22)12-19(17)29-23-8-9-24-29;1-14-13-15(2)25-21(24-14)26-18-8-6-12-27(16(18)3)20(29)17-7-4-5-9-19(17)28-22-10-11-23-28/h4,6-8,10-11,13,16,19H,5,9,12H2,1-3H3,(H,27,28,29);6-9,11-12,15,18H,4-5,10H2,1-3H3,(H,25,26,27);4-5,7,9-11,13,16,18H,6,8,12H2,1-3H3,(H,24,25,26)/t16-,19+;15-,18+;16-,18+/m000/s1. The molecule has 90 heavy (non-hydrogen) atoms. The molecule has 0 saturated carbocycles. The van der Waals surface area contributed by atoms with Crippen LogP contribution in [0.2, 0.25) is 0 Å². The maximum Gasteiger partial charge on any atom is 0.257 e. The van der Waals surface area contributed by atoms with Gasteiger partial charge in [0, 0.05) is 114 Å². The number of hydrogen-bond donors (Lipinski definition) is 3. The van der Waals surface area contributed by atoms with Gasteiger partial charge in [0.2, 0.25) is 17.8 Å². The van der Waals surface area contributed by atoms with Crippen LogP contribution in [0.1, 0.15) is 125 Å². The van der Waals surface area contributed by atoms with E-state index in [-0.39, 0.29) is 59.5 Å². The van der Waals surface area contributed by atoms with Crippen molar-refractivity contribution in [1.82, 2.24) is 84.6 Å². The van der Waals surface area contributed by atoms with Crippen LogP contribution in [0.4, 0.5) is 26.6 Å². The van der Waals surface area contributed by atoms with Gasteiger partial charge < -0.3 is 30.7 Å². The number of hydrogen-bond acceptors (Lipinski definition) is 18. The van der Waals surface area contributed by atoms with Gasteiger partial charge in [0.15, 0.2) is 5.82 Å². The number of carbonyl (C=O) groups is 3. The van der Waals surface area contributed by atoms with E-state index in [4.69, 9.17) is 0 Å². The van der Waals surface area contributed by atoms with Crippen LogP contribution >= 0.6 is 0 Å². The van der Waals surface area contributed by atoms with E-state index < -0.39 is 11.6 Å². The second-order valence-corrected chi connectivity index (χ2v) is 22.9. The first-order valence-corrected chi connectivity index (χ1v) is 30.3. The molecule has 9 heterocycles. The number of nitrogens with one attached hydrogen (secondary N) is 3. The van der Waals surface area contributed by atoms with E-state index >= 15 is 0 Å². The van der Waals surface area contributed by atoms with Gasteiger partial charge in [0.25, 0.3) is 17.7 Å². The Morgan fingerprint density at radius 1 is 0.444 bits per heavy atom. The fourth-order valence-corrected chi connectivity index (χ4v) is 11.9. The number of para-hydroxylation sites is 1. The third-order valence-corrected chi connectivity index (χ3v) is 16.3. The first-order chi connectivity index (χ1) is 43.4. The van der Waals surface area contributed by atoms with Crippen LogP contribution in [0, 0.1) is 53.2 Å². The summed E-state index contributed by atoms with van der Waals surface area (Å²) in [5.74, 6) is 0.492. The first kappa shape index (κ1) is 63.0. The van der Waals surface area contributed by atoms with Gasteiger partial charge in [-0.25, -0.2) is 48.7 Å². The number of halogens is 2. The third kappa shape index (κ3) is 14.9. The SMILES string of the molecule is Cc1cc(C)nc(N[C@@H]2CCCN(C(=O)c3c(F)cccc3-c3ncccn3)[C@H]2C)n1.Cc1cc(C)nc(N[C@@H]2CCCN(C(=O)c3ccc(F)cc3-n3nccn3)[C@H]2C)n1.Cc1cc(C)nc(N[C@@H]2CCCN(C(=O)c3ccccc3-n3nccn3)[C@H]2C)n1. The quantitative estimate of drug-likeness (QED) is 0.103. The van der Waals surface area contributed by atoms with Crippen molar-refractivity contribution in [1.29, 1.82) is 0 Å². The van der Waals surface area contributed by atoms with Crippen LogP contribution in [0.25, 0.3) is 22.8 Å². The Morgan fingerprint density at radius 3 is 1.29 bits per heavy atom. The summed E-state index contributed by atoms with van der Waals surface area (Å²) < 4.78 is 28.7. The average Bonchev–Trinajstić information content (AvgIpc) is 1.03. The molecule has 3 saturated heterocycles. The smallest absolute Gasteiger partial charge is 0.257 e. The minimum atomic E-state index is -0.574. The molecule has 6 atom stereocenters. The highest BCUT2D eigenvalue weighted by molar-refractivity contribution is 6.01. The predicted octanol–water partition coefficient (Wildman–Crippen LogP) is 9.49. The molecule has 3 fully saturated rings. The summed E-state index contributed by atoms with van der Waals surface area (Å²) in [6.07, 6.45) is 14.6. The van der Waals surface area contributed by atoms with E-state index in [0.29, 0.717) is 71.4 Å². The van der Waals surface area contributed by atoms with Gasteiger partial charge in [0.05, 0.1) is 47.2 Å². The van der Waals surface area contributed by atoms with Gasteiger partial charge in [0.1, 0.15) is 17.3 Å². The molecule has 0 aliphatic carbocycles. The lowest BCUT2D eigenvalue weighted by atomic mass is 9.95. The number of carbonyl (C=O) groups excluding carboxylic acids is 3. The fourth-order valence-electron chi connectivity index (χ4n) is 11.9. The Bertz CT molecular complexity index is 3890. The van der Waals surface area contributed by atoms with E-state index in [1.807, 2.05) is 108 Å². The predicted molar refractivity (Wildman–Crippen MR) is 336 cm³/mol. The highest BCUT2D eigenvalue weighted by Gasteiger charge is 2.37. The zero-order valence-electron chi connectivity index (χ0n) is 52.0. The number of anilines is 3. The van der Waals surface area contributed by atoms with E-state index in [1.54, 1.807) is 47.9 Å². The largest absolute Gasteiger partial charge is 0.349 e. The Kier molecular flexibility index (Phi) is 19.9. The topological polar surface area (TPSA) is 262 Å². The number of piperidine rings is 3. The molecule has 0 spiro atoms. The zero-order chi connectivity index (χ0) is 63.6. The van der Waals surface area contributed by atoms with Crippen LogP contribution in [0.5, 0.6) is 0 Å². The minimum absolute atomic E-state index is 0.000643. The van der Waals surface area contributed by atoms with Crippen LogP contribution < -0.4 is 16.0 Å². The normalized spacial score (nSPS) is 18.9. The van der Waals surface area contributed by atoms with Crippen LogP contribution in [-0.4, -0.2) is 158 Å². The van der Waals surface area contributed by atoms with E-state index in [1.165, 1.54) is 46.3 Å². The van der Waals surface area contributed by atoms with Crippen molar-refractivity contribution in [3.63, 3.8) is 0 Å². The summed E-state index contributed by atoms with van der Waals surface area (Å²) >= 11 is 0. The van der Waals surface area contributed by atoms with Gasteiger partial charge in [-0.05, 0) is 155 Å². The molecule has 3 amide bonds. The van der Waals surface area contributed by atoms with Gasteiger partial charge in [-0.15, -0.1) is 0 Å². The molecule has 6 aromatic heterocycles. The summed E-state index contributed by atoms with van der Waals surface area (Å²) in [4.78, 5) is 83.8. The second-order valence-electron chi connectivity index (χ2n) is 22.9. The molecule has 23 nitrogen and oxygen atoms in total. The van der Waals surface area contributed by atoms with Gasteiger partial charge >= 0.3 is 0 Å². The molecule has 0 unspecified atom stereocenters. The summed E-state index contributed by atoms with van der Waals surface area (Å²) in [7, 11) is 0. The summed E-state index contributed by atoms with van der Waals surface area (Å²) in [5.41, 5.74) is 7.76. The van der Waals surface area contributed by atoms with Crippen molar-refractivity contribution >= 4 is 35.6 Å². The van der Waals surface area contributed by atoms with E-state index in [2.05, 4.69) is 83.1 Å². The van der Waals surface area contributed by atoms with Crippen molar-refractivity contribution in [2.75, 3.05) is 35.6 Å². The van der Waals surface area contributed by atoms with E-state index in [0.717, 1.165) is 72.7 Å². The number of nitrogens with zero attached hydrogens (tertiary/aromatic N) is 17. The maximum absolute atomic E-state index is 14.9. The monoisotopic (exact) mass is 1220 g/mol. The Labute approximate surface area is 521 Å². The summed E-state index contributed by atoms with van der Waals surface area (Å²) in [6, 6.07) is 23.3. The maximum atomic E-state index is 14.9. The average molecular weight is 1220 g/mol. The second kappa shape index (κ2) is 28.4. The third-order valence-electron chi connectivity index (χ3n) is 16.3. The molecule has 12 rings (SSSR count). The fraction of sp³-hybridized carbons (Fsp3) is 0.369. The number of amides is 3. The minimum Gasteiger partial charge on any atom is -0.349 e. The van der Waals surface area contributed by atoms with Crippen molar-refractivity contribution in [2.45, 2.75) is 137 Å². The molecule has 0 radical (unpaired) electrons. The molecule has 0 bridgehead atoms. The van der Waals surface area contributed by atoms with Crippen LogP contribution in [0.3, 0.4) is 0 Å². The van der Waals surface area contributed by atoms with Crippen molar-refractivity contribution in [3.05, 3.63) is 185 Å². The molecule has 3 aliphatic heterocycles. The summed E-state index contributed by atoms with van der Waals surface area (Å²) in [6.45, 7) is 19.6. The van der Waals surface area contributed by atoms with Gasteiger partial charge in [-0.2, -0.15) is 30.0 Å². The number of aryl methyl sites for hydroxylation is 6. The Morgan fingerprint density at radius 2 is 0.844 bits per heavy atom. The number of likely N-dealkylation sites (tertiary alicyclic amines) is 3. The molecule has 3 N–H and O–H groups in total. The van der Waals surface area contributed by atoms with Gasteiger partial charge in [-0.3, -0.25) is 14.4 Å². The Hall–Kier alpha value is -10.1. The molecule has 466 valence electrons. The number of rotatable bonds is 12. The zero-order valence-corrected chi connectivity index (χ0v) is 52.0.